The molecule has 0 spiro atoms. The number of benzene rings is 2. The number of aliphatic hydroxyl groups excluding tert-OH is 5. The third-order valence-electron chi connectivity index (χ3n) is 4.94. The van der Waals surface area contributed by atoms with Gasteiger partial charge < -0.3 is 55.4 Å². The van der Waals surface area contributed by atoms with Crippen LogP contribution in [0, 0.1) is 0 Å². The van der Waals surface area contributed by atoms with Gasteiger partial charge in [0.15, 0.2) is 17.3 Å². The molecule has 0 aliphatic carbocycles. The third kappa shape index (κ3) is 4.94. The number of aliphatic hydroxyl groups is 5. The normalized spacial score (nSPS) is 25.6. The highest BCUT2D eigenvalue weighted by Crippen LogP contribution is 2.36. The molecule has 1 aliphatic heterocycles. The molecule has 178 valence electrons. The molecule has 0 radical (unpaired) electrons. The Balaban J connectivity index is 1.95. The van der Waals surface area contributed by atoms with Crippen LogP contribution in [0.1, 0.15) is 15.9 Å². The van der Waals surface area contributed by atoms with Crippen LogP contribution in [0.2, 0.25) is 0 Å². The summed E-state index contributed by atoms with van der Waals surface area (Å²) in [6.45, 7) is -0.738. The summed E-state index contributed by atoms with van der Waals surface area (Å²) >= 11 is 0. The maximum Gasteiger partial charge on any atom is 0.229 e. The lowest BCUT2D eigenvalue weighted by molar-refractivity contribution is -0.277. The number of hydrogen-bond donors (Lipinski definition) is 9. The van der Waals surface area contributed by atoms with Crippen LogP contribution in [0.15, 0.2) is 36.4 Å². The molecule has 2 aromatic rings. The van der Waals surface area contributed by atoms with E-state index in [4.69, 9.17) is 9.47 Å². The molecular formula is C21H22O12. The first-order chi connectivity index (χ1) is 15.5. The van der Waals surface area contributed by atoms with Crippen LogP contribution in [0.5, 0.6) is 28.7 Å². The summed E-state index contributed by atoms with van der Waals surface area (Å²) in [5.41, 5.74) is -0.618. The number of ether oxygens (including phenoxy) is 2. The van der Waals surface area contributed by atoms with Crippen molar-refractivity contribution in [2.75, 3.05) is 6.61 Å². The number of rotatable bonds is 6. The zero-order valence-electron chi connectivity index (χ0n) is 16.8. The molecule has 5 unspecified atom stereocenters. The Hall–Kier alpha value is -3.55. The van der Waals surface area contributed by atoms with Crippen LogP contribution in [0.3, 0.4) is 0 Å². The summed E-state index contributed by atoms with van der Waals surface area (Å²) in [6, 6.07) is 4.97. The van der Waals surface area contributed by atoms with Crippen LogP contribution in [0.25, 0.3) is 5.76 Å². The molecule has 12 nitrogen and oxygen atoms in total. The average Bonchev–Trinajstić information content (AvgIpc) is 2.75. The number of allylic oxidation sites excluding steroid dienone is 1. The lowest BCUT2D eigenvalue weighted by Gasteiger charge is -2.39. The Labute approximate surface area is 186 Å². The van der Waals surface area contributed by atoms with Crippen molar-refractivity contribution >= 4 is 11.5 Å². The maximum atomic E-state index is 12.8. The van der Waals surface area contributed by atoms with Gasteiger partial charge in [-0.25, -0.2) is 0 Å². The topological polar surface area (TPSA) is 218 Å². The van der Waals surface area contributed by atoms with Gasteiger partial charge in [-0.05, 0) is 18.2 Å². The van der Waals surface area contributed by atoms with Gasteiger partial charge >= 0.3 is 0 Å². The molecular weight excluding hydrogens is 444 g/mol. The maximum absolute atomic E-state index is 12.8. The molecule has 33 heavy (non-hydrogen) atoms. The van der Waals surface area contributed by atoms with Crippen molar-refractivity contribution in [3.63, 3.8) is 0 Å². The molecule has 0 bridgehead atoms. The molecule has 0 saturated carbocycles. The minimum atomic E-state index is -1.83. The van der Waals surface area contributed by atoms with Crippen molar-refractivity contribution in [3.8, 4) is 28.7 Å². The number of carbonyl (C=O) groups is 1. The van der Waals surface area contributed by atoms with Gasteiger partial charge in [0.05, 0.1) is 6.61 Å². The average molecular weight is 466 g/mol. The van der Waals surface area contributed by atoms with Gasteiger partial charge in [-0.1, -0.05) is 0 Å². The smallest absolute Gasteiger partial charge is 0.229 e. The van der Waals surface area contributed by atoms with Crippen LogP contribution in [-0.2, 0) is 4.74 Å². The van der Waals surface area contributed by atoms with Gasteiger partial charge in [-0.3, -0.25) is 4.79 Å². The Morgan fingerprint density at radius 3 is 2.27 bits per heavy atom. The number of carbonyl (C=O) groups excluding carboxylic acids is 1. The molecule has 0 aromatic heterocycles. The van der Waals surface area contributed by atoms with E-state index in [-0.39, 0.29) is 5.56 Å². The number of hydrogen-bond acceptors (Lipinski definition) is 12. The largest absolute Gasteiger partial charge is 0.508 e. The highest BCUT2D eigenvalue weighted by Gasteiger charge is 2.45. The van der Waals surface area contributed by atoms with Gasteiger partial charge in [0.25, 0.3) is 0 Å². The second-order valence-electron chi connectivity index (χ2n) is 7.25. The van der Waals surface area contributed by atoms with Crippen molar-refractivity contribution in [3.05, 3.63) is 47.5 Å². The second kappa shape index (κ2) is 9.52. The summed E-state index contributed by atoms with van der Waals surface area (Å²) in [5.74, 6) is -4.51. The Kier molecular flexibility index (Phi) is 6.95. The summed E-state index contributed by atoms with van der Waals surface area (Å²) in [7, 11) is 0. The van der Waals surface area contributed by atoms with Crippen LogP contribution in [-0.4, -0.2) is 89.1 Å². The van der Waals surface area contributed by atoms with Crippen molar-refractivity contribution < 1.29 is 60.2 Å². The molecule has 9 N–H and O–H groups in total. The molecule has 1 heterocycles. The quantitative estimate of drug-likeness (QED) is 0.114. The number of aromatic hydroxyl groups is 4. The van der Waals surface area contributed by atoms with E-state index < -0.39 is 83.2 Å². The molecule has 1 aliphatic rings. The standard InChI is InChI=1S/C21H22O12/c22-7-16-18(29)19(30)20(31)21(33-16)32-15-5-9(23)4-13(27)17(15)14(28)6-11(25)8-1-2-10(24)12(26)3-8/h1-6,16,18-27,29-31H,7H2. The summed E-state index contributed by atoms with van der Waals surface area (Å²) in [5, 5.41) is 88.4. The minimum Gasteiger partial charge on any atom is -0.508 e. The van der Waals surface area contributed by atoms with E-state index in [9.17, 15) is 50.8 Å². The van der Waals surface area contributed by atoms with E-state index >= 15 is 0 Å². The summed E-state index contributed by atoms with van der Waals surface area (Å²) in [4.78, 5) is 12.8. The van der Waals surface area contributed by atoms with E-state index in [2.05, 4.69) is 0 Å². The number of phenolic OH excluding ortho intramolecular Hbond substituents is 4. The molecule has 1 fully saturated rings. The fraction of sp³-hybridized carbons (Fsp3) is 0.286. The molecule has 3 rings (SSSR count). The second-order valence-corrected chi connectivity index (χ2v) is 7.25. The van der Waals surface area contributed by atoms with Crippen molar-refractivity contribution in [1.29, 1.82) is 0 Å². The molecule has 5 atom stereocenters. The predicted molar refractivity (Wildman–Crippen MR) is 109 cm³/mol. The monoisotopic (exact) mass is 466 g/mol. The van der Waals surface area contributed by atoms with E-state index in [1.54, 1.807) is 0 Å². The lowest BCUT2D eigenvalue weighted by Crippen LogP contribution is -2.60. The van der Waals surface area contributed by atoms with E-state index in [0.29, 0.717) is 6.08 Å². The van der Waals surface area contributed by atoms with Crippen molar-refractivity contribution in [2.45, 2.75) is 30.7 Å². The lowest BCUT2D eigenvalue weighted by atomic mass is 9.99. The zero-order valence-corrected chi connectivity index (χ0v) is 16.8. The summed E-state index contributed by atoms with van der Waals surface area (Å²) in [6.07, 6.45) is -7.65. The van der Waals surface area contributed by atoms with Crippen molar-refractivity contribution in [2.24, 2.45) is 0 Å². The first-order valence-electron chi connectivity index (χ1n) is 9.54. The van der Waals surface area contributed by atoms with Crippen LogP contribution in [0.4, 0.5) is 0 Å². The minimum absolute atomic E-state index is 0.0479. The summed E-state index contributed by atoms with van der Waals surface area (Å²) < 4.78 is 10.6. The Morgan fingerprint density at radius 1 is 0.939 bits per heavy atom. The zero-order chi connectivity index (χ0) is 24.4. The van der Waals surface area contributed by atoms with Crippen molar-refractivity contribution in [1.82, 2.24) is 0 Å². The first-order valence-corrected chi connectivity index (χ1v) is 9.54. The Morgan fingerprint density at radius 2 is 1.64 bits per heavy atom. The number of ketones is 1. The highest BCUT2D eigenvalue weighted by atomic mass is 16.7. The van der Waals surface area contributed by atoms with E-state index in [1.807, 2.05) is 0 Å². The highest BCUT2D eigenvalue weighted by molar-refractivity contribution is 6.11. The van der Waals surface area contributed by atoms with Gasteiger partial charge in [0.2, 0.25) is 6.29 Å². The van der Waals surface area contributed by atoms with Gasteiger partial charge in [0, 0.05) is 23.8 Å². The van der Waals surface area contributed by atoms with Gasteiger partial charge in [-0.15, -0.1) is 0 Å². The van der Waals surface area contributed by atoms with Crippen LogP contribution >= 0.6 is 0 Å². The Bertz CT molecular complexity index is 1060. The van der Waals surface area contributed by atoms with Gasteiger partial charge in [-0.2, -0.15) is 0 Å². The molecule has 2 aromatic carbocycles. The third-order valence-corrected chi connectivity index (χ3v) is 4.94. The van der Waals surface area contributed by atoms with Gasteiger partial charge in [0.1, 0.15) is 53.0 Å². The molecule has 0 amide bonds. The van der Waals surface area contributed by atoms with E-state index in [0.717, 1.165) is 24.3 Å². The van der Waals surface area contributed by atoms with Crippen LogP contribution < -0.4 is 4.74 Å². The molecule has 1 saturated heterocycles. The fourth-order valence-electron chi connectivity index (χ4n) is 3.18. The van der Waals surface area contributed by atoms with E-state index in [1.165, 1.54) is 6.07 Å². The number of phenols is 4. The fourth-order valence-corrected chi connectivity index (χ4v) is 3.18. The molecule has 12 heteroatoms. The SMILES string of the molecule is O=C(C=C(O)c1ccc(O)c(O)c1)c1c(O)cc(O)cc1OC1OC(CO)C(O)C(O)C1O. The first kappa shape index (κ1) is 24.1. The predicted octanol–water partition coefficient (Wildman–Crippen LogP) is -0.530.